The average Bonchev–Trinajstić information content (AvgIpc) is 2.85. The van der Waals surface area contributed by atoms with Crippen LogP contribution in [0.25, 0.3) is 0 Å². The topological polar surface area (TPSA) is 68.4 Å². The average molecular weight is 224 g/mol. The smallest absolute Gasteiger partial charge is 0.229 e. The largest absolute Gasteiger partial charge is 0.393 e. The molecule has 16 heavy (non-hydrogen) atoms. The molecule has 88 valence electrons. The van der Waals surface area contributed by atoms with Gasteiger partial charge >= 0.3 is 0 Å². The summed E-state index contributed by atoms with van der Waals surface area (Å²) in [4.78, 5) is 4.36. The monoisotopic (exact) mass is 224 g/mol. The lowest BCUT2D eigenvalue weighted by Gasteiger charge is -2.27. The van der Waals surface area contributed by atoms with Gasteiger partial charge in [-0.15, -0.1) is 0 Å². The molecule has 1 atom stereocenters. The maximum atomic E-state index is 9.21. The first-order valence-electron chi connectivity index (χ1n) is 5.93. The van der Waals surface area contributed by atoms with E-state index in [1.165, 1.54) is 0 Å². The number of hydrogen-bond acceptors (Lipinski definition) is 5. The van der Waals surface area contributed by atoms with Gasteiger partial charge in [0.25, 0.3) is 0 Å². The molecule has 1 saturated carbocycles. The quantitative estimate of drug-likeness (QED) is 0.830. The number of aliphatic hydroxyl groups is 1. The minimum atomic E-state index is -0.182. The van der Waals surface area contributed by atoms with Crippen molar-refractivity contribution >= 4 is 0 Å². The molecule has 0 spiro atoms. The summed E-state index contributed by atoms with van der Waals surface area (Å²) in [5.41, 5.74) is 0. The maximum Gasteiger partial charge on any atom is 0.229 e. The number of aromatic nitrogens is 2. The van der Waals surface area contributed by atoms with Crippen LogP contribution in [0.1, 0.15) is 43.3 Å². The highest BCUT2D eigenvalue weighted by molar-refractivity contribution is 5.02. The lowest BCUT2D eigenvalue weighted by atomic mass is 9.82. The third-order valence-corrected chi connectivity index (χ3v) is 3.38. The zero-order chi connectivity index (χ0) is 11.0. The molecule has 0 amide bonds. The standard InChI is InChI=1S/C11H16N2O3/c14-8-4-7(5-8)11-12-10(13-16-11)6-9-2-1-3-15-9/h7-9,14H,1-6H2. The van der Waals surface area contributed by atoms with E-state index in [1.807, 2.05) is 0 Å². The first-order valence-corrected chi connectivity index (χ1v) is 5.93. The van der Waals surface area contributed by atoms with Gasteiger partial charge in [-0.25, -0.2) is 0 Å². The Kier molecular flexibility index (Phi) is 2.65. The second-order valence-corrected chi connectivity index (χ2v) is 4.71. The minimum Gasteiger partial charge on any atom is -0.393 e. The summed E-state index contributed by atoms with van der Waals surface area (Å²) in [7, 11) is 0. The molecule has 1 aromatic rings. The molecular formula is C11H16N2O3. The van der Waals surface area contributed by atoms with Gasteiger partial charge in [0, 0.05) is 18.9 Å². The summed E-state index contributed by atoms with van der Waals surface area (Å²) in [5, 5.41) is 13.2. The Hall–Kier alpha value is -0.940. The minimum absolute atomic E-state index is 0.182. The highest BCUT2D eigenvalue weighted by atomic mass is 16.5. The summed E-state index contributed by atoms with van der Waals surface area (Å²) in [6.45, 7) is 0.851. The van der Waals surface area contributed by atoms with Crippen molar-refractivity contribution in [1.29, 1.82) is 0 Å². The zero-order valence-corrected chi connectivity index (χ0v) is 9.13. The second kappa shape index (κ2) is 4.14. The first-order chi connectivity index (χ1) is 7.81. The van der Waals surface area contributed by atoms with Gasteiger partial charge in [-0.2, -0.15) is 4.98 Å². The van der Waals surface area contributed by atoms with Gasteiger partial charge in [-0.3, -0.25) is 0 Å². The van der Waals surface area contributed by atoms with E-state index in [1.54, 1.807) is 0 Å². The molecule has 2 heterocycles. The van der Waals surface area contributed by atoms with Crippen molar-refractivity contribution in [3.8, 4) is 0 Å². The molecule has 3 rings (SSSR count). The van der Waals surface area contributed by atoms with Crippen molar-refractivity contribution in [3.05, 3.63) is 11.7 Å². The van der Waals surface area contributed by atoms with Crippen LogP contribution in [-0.4, -0.2) is 34.1 Å². The van der Waals surface area contributed by atoms with Crippen molar-refractivity contribution in [2.75, 3.05) is 6.61 Å². The predicted octanol–water partition coefficient (Wildman–Crippen LogP) is 1.03. The van der Waals surface area contributed by atoms with E-state index in [9.17, 15) is 5.11 Å². The Labute approximate surface area is 93.8 Å². The van der Waals surface area contributed by atoms with Gasteiger partial charge in [0.05, 0.1) is 12.2 Å². The Morgan fingerprint density at radius 3 is 2.94 bits per heavy atom. The van der Waals surface area contributed by atoms with Gasteiger partial charge < -0.3 is 14.4 Å². The third-order valence-electron chi connectivity index (χ3n) is 3.38. The van der Waals surface area contributed by atoms with Crippen LogP contribution in [0.15, 0.2) is 4.52 Å². The number of hydrogen-bond donors (Lipinski definition) is 1. The fourth-order valence-corrected chi connectivity index (χ4v) is 2.31. The van der Waals surface area contributed by atoms with Crippen molar-refractivity contribution in [2.24, 2.45) is 0 Å². The Morgan fingerprint density at radius 1 is 1.38 bits per heavy atom. The normalized spacial score (nSPS) is 33.9. The summed E-state index contributed by atoms with van der Waals surface area (Å²) >= 11 is 0. The molecule has 1 N–H and O–H groups in total. The molecule has 2 fully saturated rings. The maximum absolute atomic E-state index is 9.21. The molecule has 0 aromatic carbocycles. The lowest BCUT2D eigenvalue weighted by molar-refractivity contribution is 0.0625. The molecule has 2 aliphatic rings. The van der Waals surface area contributed by atoms with Crippen LogP contribution in [-0.2, 0) is 11.2 Å². The number of ether oxygens (including phenoxy) is 1. The SMILES string of the molecule is OC1CC(c2nc(CC3CCCO3)no2)C1. The van der Waals surface area contributed by atoms with E-state index in [2.05, 4.69) is 10.1 Å². The van der Waals surface area contributed by atoms with Crippen molar-refractivity contribution < 1.29 is 14.4 Å². The molecular weight excluding hydrogens is 208 g/mol. The zero-order valence-electron chi connectivity index (χ0n) is 9.13. The van der Waals surface area contributed by atoms with Gasteiger partial charge in [0.15, 0.2) is 5.82 Å². The van der Waals surface area contributed by atoms with Gasteiger partial charge in [0.1, 0.15) is 0 Å². The third kappa shape index (κ3) is 1.97. The van der Waals surface area contributed by atoms with Crippen molar-refractivity contribution in [3.63, 3.8) is 0 Å². The summed E-state index contributed by atoms with van der Waals surface area (Å²) in [6, 6.07) is 0. The van der Waals surface area contributed by atoms with Crippen LogP contribution in [0, 0.1) is 0 Å². The molecule has 0 radical (unpaired) electrons. The van der Waals surface area contributed by atoms with Crippen molar-refractivity contribution in [1.82, 2.24) is 10.1 Å². The molecule has 1 aromatic heterocycles. The van der Waals surface area contributed by atoms with E-state index in [-0.39, 0.29) is 18.1 Å². The summed E-state index contributed by atoms with van der Waals surface area (Å²) in [6.07, 6.45) is 4.55. The van der Waals surface area contributed by atoms with Crippen LogP contribution in [0.5, 0.6) is 0 Å². The summed E-state index contributed by atoms with van der Waals surface area (Å²) < 4.78 is 10.7. The number of nitrogens with zero attached hydrogens (tertiary/aromatic N) is 2. The Balaban J connectivity index is 1.59. The van der Waals surface area contributed by atoms with Crippen LogP contribution in [0.2, 0.25) is 0 Å². The fourth-order valence-electron chi connectivity index (χ4n) is 2.31. The molecule has 1 aliphatic heterocycles. The van der Waals surface area contributed by atoms with Gasteiger partial charge in [-0.1, -0.05) is 5.16 Å². The lowest BCUT2D eigenvalue weighted by Crippen LogP contribution is -2.26. The molecule has 1 unspecified atom stereocenters. The highest BCUT2D eigenvalue weighted by Gasteiger charge is 2.33. The first kappa shape index (κ1) is 10.2. The van der Waals surface area contributed by atoms with Crippen LogP contribution >= 0.6 is 0 Å². The van der Waals surface area contributed by atoms with E-state index in [0.29, 0.717) is 5.89 Å². The predicted molar refractivity (Wildman–Crippen MR) is 55.0 cm³/mol. The molecule has 1 aliphatic carbocycles. The van der Waals surface area contributed by atoms with E-state index in [4.69, 9.17) is 9.26 Å². The Morgan fingerprint density at radius 2 is 2.25 bits per heavy atom. The van der Waals surface area contributed by atoms with Crippen LogP contribution in [0.4, 0.5) is 0 Å². The molecule has 0 bridgehead atoms. The fraction of sp³-hybridized carbons (Fsp3) is 0.818. The van der Waals surface area contributed by atoms with Crippen LogP contribution < -0.4 is 0 Å². The molecule has 1 saturated heterocycles. The van der Waals surface area contributed by atoms with Crippen molar-refractivity contribution in [2.45, 2.75) is 50.2 Å². The highest BCUT2D eigenvalue weighted by Crippen LogP contribution is 2.35. The van der Waals surface area contributed by atoms with E-state index >= 15 is 0 Å². The van der Waals surface area contributed by atoms with E-state index < -0.39 is 0 Å². The Bertz CT molecular complexity index is 354. The van der Waals surface area contributed by atoms with Crippen LogP contribution in [0.3, 0.4) is 0 Å². The second-order valence-electron chi connectivity index (χ2n) is 4.71. The molecule has 5 heteroatoms. The van der Waals surface area contributed by atoms with Gasteiger partial charge in [-0.05, 0) is 25.7 Å². The number of aliphatic hydroxyl groups excluding tert-OH is 1. The van der Waals surface area contributed by atoms with Gasteiger partial charge in [0.2, 0.25) is 5.89 Å². The van der Waals surface area contributed by atoms with E-state index in [0.717, 1.165) is 44.5 Å². The summed E-state index contributed by atoms with van der Waals surface area (Å²) in [5.74, 6) is 1.68. The number of rotatable bonds is 3. The molecule has 5 nitrogen and oxygen atoms in total.